The highest BCUT2D eigenvalue weighted by atomic mass is 19.1. The number of Topliss-reactive ketones (excluding diaryl/α,β-unsaturated/α-hetero) is 1. The molecule has 1 rings (SSSR count). The fraction of sp³-hybridized carbons (Fsp3) is 0.364. The fourth-order valence-corrected chi connectivity index (χ4v) is 1.27. The molecule has 0 radical (unpaired) electrons. The van der Waals surface area contributed by atoms with Gasteiger partial charge in [0.2, 0.25) is 5.78 Å². The summed E-state index contributed by atoms with van der Waals surface area (Å²) in [6, 6.07) is 4.02. The number of benzene rings is 1. The van der Waals surface area contributed by atoms with Crippen LogP contribution in [0.3, 0.4) is 0 Å². The quantitative estimate of drug-likeness (QED) is 0.608. The first-order chi connectivity index (χ1) is 7.06. The zero-order chi connectivity index (χ0) is 11.4. The maximum atomic E-state index is 12.9. The van der Waals surface area contributed by atoms with Crippen LogP contribution in [0.5, 0.6) is 0 Å². The number of aryl methyl sites for hydroxylation is 1. The SMILES string of the molecule is CCOC(N)C(=O)c1cc(F)ccc1C. The number of halogens is 1. The summed E-state index contributed by atoms with van der Waals surface area (Å²) in [4.78, 5) is 11.7. The standard InChI is InChI=1S/C11H14FNO2/c1-3-15-11(13)10(14)9-6-8(12)5-4-7(9)2/h4-6,11H,3,13H2,1-2H3. The van der Waals surface area contributed by atoms with Crippen LogP contribution in [0.25, 0.3) is 0 Å². The number of ether oxygens (including phenoxy) is 1. The van der Waals surface area contributed by atoms with Gasteiger partial charge < -0.3 is 4.74 Å². The Balaban J connectivity index is 2.95. The van der Waals surface area contributed by atoms with Gasteiger partial charge in [0, 0.05) is 12.2 Å². The zero-order valence-corrected chi connectivity index (χ0v) is 8.79. The third-order valence-electron chi connectivity index (χ3n) is 2.07. The maximum absolute atomic E-state index is 12.9. The summed E-state index contributed by atoms with van der Waals surface area (Å²) < 4.78 is 17.9. The number of carbonyl (C=O) groups excluding carboxylic acids is 1. The molecular weight excluding hydrogens is 197 g/mol. The normalized spacial score (nSPS) is 12.5. The molecular formula is C11H14FNO2. The molecule has 0 spiro atoms. The molecule has 1 aromatic carbocycles. The highest BCUT2D eigenvalue weighted by Gasteiger charge is 2.18. The van der Waals surface area contributed by atoms with E-state index in [1.54, 1.807) is 19.9 Å². The first-order valence-electron chi connectivity index (χ1n) is 4.73. The summed E-state index contributed by atoms with van der Waals surface area (Å²) in [5.74, 6) is -0.846. The summed E-state index contributed by atoms with van der Waals surface area (Å²) in [6.45, 7) is 3.82. The van der Waals surface area contributed by atoms with Crippen molar-refractivity contribution in [3.63, 3.8) is 0 Å². The second-order valence-electron chi connectivity index (χ2n) is 3.20. The Kier molecular flexibility index (Phi) is 3.94. The lowest BCUT2D eigenvalue weighted by atomic mass is 10.0. The maximum Gasteiger partial charge on any atom is 0.206 e. The van der Waals surface area contributed by atoms with Crippen LogP contribution in [0.1, 0.15) is 22.8 Å². The van der Waals surface area contributed by atoms with Crippen LogP contribution < -0.4 is 5.73 Å². The van der Waals surface area contributed by atoms with E-state index in [9.17, 15) is 9.18 Å². The average molecular weight is 211 g/mol. The Morgan fingerprint density at radius 3 is 2.87 bits per heavy atom. The van der Waals surface area contributed by atoms with Crippen LogP contribution in [-0.2, 0) is 4.74 Å². The number of hydrogen-bond acceptors (Lipinski definition) is 3. The Bertz CT molecular complexity index is 366. The predicted octanol–water partition coefficient (Wildman–Crippen LogP) is 1.64. The summed E-state index contributed by atoms with van der Waals surface area (Å²) in [7, 11) is 0. The number of rotatable bonds is 4. The van der Waals surface area contributed by atoms with Crippen molar-refractivity contribution in [2.24, 2.45) is 5.73 Å². The van der Waals surface area contributed by atoms with Crippen molar-refractivity contribution in [1.29, 1.82) is 0 Å². The zero-order valence-electron chi connectivity index (χ0n) is 8.79. The molecule has 4 heteroatoms. The molecule has 0 aliphatic carbocycles. The Labute approximate surface area is 88.0 Å². The van der Waals surface area contributed by atoms with E-state index in [0.29, 0.717) is 12.2 Å². The first-order valence-corrected chi connectivity index (χ1v) is 4.73. The molecule has 1 atom stereocenters. The van der Waals surface area contributed by atoms with Crippen LogP contribution in [-0.4, -0.2) is 18.6 Å². The third-order valence-corrected chi connectivity index (χ3v) is 2.07. The molecule has 1 aromatic rings. The second kappa shape index (κ2) is 5.00. The van der Waals surface area contributed by atoms with Gasteiger partial charge in [0.1, 0.15) is 5.82 Å². The van der Waals surface area contributed by atoms with E-state index in [1.807, 2.05) is 0 Å². The highest BCUT2D eigenvalue weighted by molar-refractivity contribution is 6.00. The number of nitrogens with two attached hydrogens (primary N) is 1. The van der Waals surface area contributed by atoms with Gasteiger partial charge in [-0.2, -0.15) is 0 Å². The van der Waals surface area contributed by atoms with E-state index >= 15 is 0 Å². The number of ketones is 1. The van der Waals surface area contributed by atoms with Crippen molar-refractivity contribution < 1.29 is 13.9 Å². The molecule has 0 aromatic heterocycles. The van der Waals surface area contributed by atoms with Gasteiger partial charge in [0.05, 0.1) is 0 Å². The van der Waals surface area contributed by atoms with Crippen molar-refractivity contribution >= 4 is 5.78 Å². The van der Waals surface area contributed by atoms with Gasteiger partial charge in [-0.1, -0.05) is 6.07 Å². The molecule has 3 nitrogen and oxygen atoms in total. The minimum Gasteiger partial charge on any atom is -0.356 e. The van der Waals surface area contributed by atoms with E-state index in [1.165, 1.54) is 12.1 Å². The van der Waals surface area contributed by atoms with Crippen molar-refractivity contribution in [1.82, 2.24) is 0 Å². The highest BCUT2D eigenvalue weighted by Crippen LogP contribution is 2.12. The molecule has 0 aliphatic heterocycles. The van der Waals surface area contributed by atoms with Crippen molar-refractivity contribution in [2.45, 2.75) is 20.1 Å². The monoisotopic (exact) mass is 211 g/mol. The molecule has 82 valence electrons. The van der Waals surface area contributed by atoms with Crippen LogP contribution in [0.4, 0.5) is 4.39 Å². The third kappa shape index (κ3) is 2.84. The van der Waals surface area contributed by atoms with Crippen LogP contribution in [0.15, 0.2) is 18.2 Å². The second-order valence-corrected chi connectivity index (χ2v) is 3.20. The largest absolute Gasteiger partial charge is 0.356 e. The fourth-order valence-electron chi connectivity index (χ4n) is 1.27. The first kappa shape index (κ1) is 11.8. The van der Waals surface area contributed by atoms with Crippen LogP contribution in [0, 0.1) is 12.7 Å². The van der Waals surface area contributed by atoms with E-state index in [4.69, 9.17) is 10.5 Å². The minimum atomic E-state index is -1.02. The molecule has 0 heterocycles. The molecule has 15 heavy (non-hydrogen) atoms. The molecule has 1 unspecified atom stereocenters. The number of carbonyl (C=O) groups is 1. The molecule has 0 bridgehead atoms. The molecule has 0 amide bonds. The van der Waals surface area contributed by atoms with Crippen molar-refractivity contribution in [2.75, 3.05) is 6.61 Å². The summed E-state index contributed by atoms with van der Waals surface area (Å²) in [5.41, 5.74) is 6.45. The van der Waals surface area contributed by atoms with Crippen molar-refractivity contribution in [3.05, 3.63) is 35.1 Å². The molecule has 0 fully saturated rings. The van der Waals surface area contributed by atoms with E-state index in [0.717, 1.165) is 0 Å². The molecule has 0 aliphatic rings. The van der Waals surface area contributed by atoms with Gasteiger partial charge in [-0.05, 0) is 31.5 Å². The number of hydrogen-bond donors (Lipinski definition) is 1. The van der Waals surface area contributed by atoms with E-state index < -0.39 is 17.8 Å². The molecule has 0 saturated heterocycles. The Hall–Kier alpha value is -1.26. The van der Waals surface area contributed by atoms with Gasteiger partial charge >= 0.3 is 0 Å². The average Bonchev–Trinajstić information content (AvgIpc) is 2.21. The lowest BCUT2D eigenvalue weighted by molar-refractivity contribution is 0.0478. The Morgan fingerprint density at radius 2 is 2.27 bits per heavy atom. The van der Waals surface area contributed by atoms with Crippen molar-refractivity contribution in [3.8, 4) is 0 Å². The topological polar surface area (TPSA) is 52.3 Å². The van der Waals surface area contributed by atoms with E-state index in [-0.39, 0.29) is 5.56 Å². The predicted molar refractivity (Wildman–Crippen MR) is 55.1 cm³/mol. The minimum absolute atomic E-state index is 0.274. The summed E-state index contributed by atoms with van der Waals surface area (Å²) in [5, 5.41) is 0. The lowest BCUT2D eigenvalue weighted by Gasteiger charge is -2.11. The van der Waals surface area contributed by atoms with Crippen LogP contribution >= 0.6 is 0 Å². The summed E-state index contributed by atoms with van der Waals surface area (Å²) >= 11 is 0. The smallest absolute Gasteiger partial charge is 0.206 e. The Morgan fingerprint density at radius 1 is 1.60 bits per heavy atom. The lowest BCUT2D eigenvalue weighted by Crippen LogP contribution is -2.33. The molecule has 2 N–H and O–H groups in total. The van der Waals surface area contributed by atoms with Gasteiger partial charge in [0.15, 0.2) is 6.23 Å². The summed E-state index contributed by atoms with van der Waals surface area (Å²) in [6.07, 6.45) is -1.02. The van der Waals surface area contributed by atoms with Crippen LogP contribution in [0.2, 0.25) is 0 Å². The van der Waals surface area contributed by atoms with Gasteiger partial charge in [-0.3, -0.25) is 10.5 Å². The van der Waals surface area contributed by atoms with Gasteiger partial charge in [-0.25, -0.2) is 4.39 Å². The van der Waals surface area contributed by atoms with Gasteiger partial charge in [0.25, 0.3) is 0 Å². The van der Waals surface area contributed by atoms with Gasteiger partial charge in [-0.15, -0.1) is 0 Å². The van der Waals surface area contributed by atoms with E-state index in [2.05, 4.69) is 0 Å². The molecule has 0 saturated carbocycles.